The van der Waals surface area contributed by atoms with E-state index in [2.05, 4.69) is 15.9 Å². The summed E-state index contributed by atoms with van der Waals surface area (Å²) in [5.74, 6) is 1.03. The Morgan fingerprint density at radius 3 is 2.52 bits per heavy atom. The molecule has 3 fully saturated rings. The van der Waals surface area contributed by atoms with Gasteiger partial charge in [0.2, 0.25) is 0 Å². The van der Waals surface area contributed by atoms with Crippen molar-refractivity contribution in [1.29, 1.82) is 0 Å². The van der Waals surface area contributed by atoms with E-state index in [0.29, 0.717) is 32.5 Å². The van der Waals surface area contributed by atoms with Crippen LogP contribution in [0.1, 0.15) is 75.3 Å². The second-order valence-corrected chi connectivity index (χ2v) is 12.4. The average Bonchev–Trinajstić information content (AvgIpc) is 3.27. The Balaban J connectivity index is 1.39. The molecule has 1 saturated heterocycles. The number of halogens is 1. The third-order valence-corrected chi connectivity index (χ3v) is 9.28. The molecule has 0 aromatic heterocycles. The number of aliphatic imine (C=N–C) groups is 1. The summed E-state index contributed by atoms with van der Waals surface area (Å²) in [5.41, 5.74) is 1.50. The minimum Gasteiger partial charge on any atom is -0.493 e. The smallest absolute Gasteiger partial charge is 0.269 e. The lowest BCUT2D eigenvalue weighted by Crippen LogP contribution is -2.41. The van der Waals surface area contributed by atoms with E-state index >= 15 is 0 Å². The summed E-state index contributed by atoms with van der Waals surface area (Å²) in [4.78, 5) is 32.2. The van der Waals surface area contributed by atoms with Gasteiger partial charge in [-0.25, -0.2) is 0 Å². The second-order valence-electron chi connectivity index (χ2n) is 10.5. The summed E-state index contributed by atoms with van der Waals surface area (Å²) in [6.45, 7) is 0.142. The van der Waals surface area contributed by atoms with E-state index in [9.17, 15) is 14.9 Å². The number of amides is 1. The van der Waals surface area contributed by atoms with Crippen LogP contribution >= 0.6 is 27.7 Å². The van der Waals surface area contributed by atoms with Crippen LogP contribution in [0.3, 0.4) is 0 Å². The lowest BCUT2D eigenvalue weighted by atomic mass is 9.94. The molecule has 0 bridgehead atoms. The van der Waals surface area contributed by atoms with E-state index in [4.69, 9.17) is 14.5 Å². The van der Waals surface area contributed by atoms with E-state index in [1.54, 1.807) is 19.2 Å². The normalized spacial score (nSPS) is 20.9. The lowest BCUT2D eigenvalue weighted by molar-refractivity contribution is -0.384. The van der Waals surface area contributed by atoms with E-state index < -0.39 is 4.92 Å². The zero-order chi connectivity index (χ0) is 28.1. The maximum absolute atomic E-state index is 13.7. The minimum atomic E-state index is -0.425. The molecule has 2 aromatic carbocycles. The maximum atomic E-state index is 13.7. The van der Waals surface area contributed by atoms with Gasteiger partial charge in [-0.1, -0.05) is 50.7 Å². The number of nitro groups is 1. The van der Waals surface area contributed by atoms with Gasteiger partial charge in [-0.3, -0.25) is 24.8 Å². The van der Waals surface area contributed by atoms with E-state index in [-0.39, 0.29) is 24.2 Å². The number of ether oxygens (including phenoxy) is 2. The van der Waals surface area contributed by atoms with Gasteiger partial charge in [-0.05, 0) is 82.7 Å². The van der Waals surface area contributed by atoms with Crippen LogP contribution in [0.4, 0.5) is 5.69 Å². The first-order valence-corrected chi connectivity index (χ1v) is 15.6. The summed E-state index contributed by atoms with van der Waals surface area (Å²) in [7, 11) is 1.56. The largest absolute Gasteiger partial charge is 0.493 e. The lowest BCUT2D eigenvalue weighted by Gasteiger charge is -2.31. The molecule has 5 rings (SSSR count). The Morgan fingerprint density at radius 1 is 1.10 bits per heavy atom. The number of carbonyl (C=O) groups excluding carboxylic acids is 1. The summed E-state index contributed by atoms with van der Waals surface area (Å²) in [6.07, 6.45) is 13.4. The standard InChI is InChI=1S/C30H34BrN3O5S/c1-38-26-17-21(16-25(31)28(26)39-19-20-9-8-14-24(15-20)34(36)37)18-27-29(35)33(23-12-6-3-7-13-23)30(40-27)32-22-10-4-2-5-11-22/h8-9,14-18,22-23H,2-7,10-13,19H2,1H3. The SMILES string of the molecule is COc1cc(C=C2SC(=NC3CCCCC3)N(C3CCCCC3)C2=O)cc(Br)c1OCc1cccc([N+](=O)[O-])c1. The first kappa shape index (κ1) is 28.7. The molecule has 2 aliphatic carbocycles. The van der Waals surface area contributed by atoms with Crippen molar-refractivity contribution < 1.29 is 19.2 Å². The summed E-state index contributed by atoms with van der Waals surface area (Å²) in [6, 6.07) is 10.6. The van der Waals surface area contributed by atoms with Crippen molar-refractivity contribution in [2.45, 2.75) is 82.9 Å². The Labute approximate surface area is 247 Å². The predicted octanol–water partition coefficient (Wildman–Crippen LogP) is 7.88. The minimum absolute atomic E-state index is 0.0153. The molecule has 0 radical (unpaired) electrons. The zero-order valence-electron chi connectivity index (χ0n) is 22.6. The van der Waals surface area contributed by atoms with E-state index in [1.807, 2.05) is 23.1 Å². The topological polar surface area (TPSA) is 94.3 Å². The van der Waals surface area contributed by atoms with E-state index in [0.717, 1.165) is 49.3 Å². The van der Waals surface area contributed by atoms with Gasteiger partial charge in [0.05, 0.1) is 27.5 Å². The molecule has 8 nitrogen and oxygen atoms in total. The van der Waals surface area contributed by atoms with Crippen LogP contribution in [0.15, 0.2) is 50.8 Å². The number of carbonyl (C=O) groups is 1. The number of hydrogen-bond donors (Lipinski definition) is 0. The van der Waals surface area contributed by atoms with Gasteiger partial charge < -0.3 is 9.47 Å². The van der Waals surface area contributed by atoms with Gasteiger partial charge in [0.1, 0.15) is 6.61 Å². The highest BCUT2D eigenvalue weighted by molar-refractivity contribution is 9.10. The Hall–Kier alpha value is -2.85. The molecule has 0 N–H and O–H groups in total. The van der Waals surface area contributed by atoms with Crippen molar-refractivity contribution in [2.24, 2.45) is 4.99 Å². The van der Waals surface area contributed by atoms with Gasteiger partial charge in [-0.15, -0.1) is 0 Å². The van der Waals surface area contributed by atoms with Crippen molar-refractivity contribution in [3.63, 3.8) is 0 Å². The highest BCUT2D eigenvalue weighted by Crippen LogP contribution is 2.41. The molecular weight excluding hydrogens is 594 g/mol. The van der Waals surface area contributed by atoms with Crippen LogP contribution in [0, 0.1) is 10.1 Å². The Bertz CT molecular complexity index is 1320. The first-order chi connectivity index (χ1) is 19.4. The average molecular weight is 629 g/mol. The van der Waals surface area contributed by atoms with Gasteiger partial charge >= 0.3 is 0 Å². The molecule has 212 valence electrons. The summed E-state index contributed by atoms with van der Waals surface area (Å²) < 4.78 is 12.3. The molecule has 0 unspecified atom stereocenters. The Morgan fingerprint density at radius 2 is 1.82 bits per heavy atom. The maximum Gasteiger partial charge on any atom is 0.269 e. The molecule has 2 saturated carbocycles. The fraction of sp³-hybridized carbons (Fsp3) is 0.467. The van der Waals surface area contributed by atoms with Crippen molar-refractivity contribution in [3.05, 3.63) is 67.0 Å². The molecule has 40 heavy (non-hydrogen) atoms. The van der Waals surface area contributed by atoms with Crippen molar-refractivity contribution in [2.75, 3.05) is 7.11 Å². The molecule has 1 amide bonds. The number of hydrogen-bond acceptors (Lipinski definition) is 7. The summed E-state index contributed by atoms with van der Waals surface area (Å²) in [5, 5.41) is 12.0. The molecule has 10 heteroatoms. The van der Waals surface area contributed by atoms with Crippen LogP contribution in [0.5, 0.6) is 11.5 Å². The number of nitro benzene ring substituents is 1. The number of nitrogens with zero attached hydrogens (tertiary/aromatic N) is 3. The molecule has 0 atom stereocenters. The number of thioether (sulfide) groups is 1. The van der Waals surface area contributed by atoms with Gasteiger partial charge in [-0.2, -0.15) is 0 Å². The van der Waals surface area contributed by atoms with Crippen LogP contribution in [-0.4, -0.2) is 40.1 Å². The van der Waals surface area contributed by atoms with Crippen LogP contribution in [-0.2, 0) is 11.4 Å². The zero-order valence-corrected chi connectivity index (χ0v) is 25.0. The monoisotopic (exact) mass is 627 g/mol. The van der Waals surface area contributed by atoms with Crippen molar-refractivity contribution in [1.82, 2.24) is 4.90 Å². The fourth-order valence-electron chi connectivity index (χ4n) is 5.63. The Kier molecular flexibility index (Phi) is 9.47. The second kappa shape index (κ2) is 13.2. The van der Waals surface area contributed by atoms with E-state index in [1.165, 1.54) is 49.6 Å². The molecule has 0 spiro atoms. The highest BCUT2D eigenvalue weighted by Gasteiger charge is 2.39. The van der Waals surface area contributed by atoms with Crippen LogP contribution in [0.2, 0.25) is 0 Å². The number of methoxy groups -OCH3 is 1. The molecule has 2 aromatic rings. The fourth-order valence-corrected chi connectivity index (χ4v) is 7.32. The highest BCUT2D eigenvalue weighted by atomic mass is 79.9. The number of rotatable bonds is 8. The van der Waals surface area contributed by atoms with Crippen LogP contribution in [0.25, 0.3) is 6.08 Å². The van der Waals surface area contributed by atoms with Gasteiger partial charge in [0.25, 0.3) is 11.6 Å². The molecular formula is C30H34BrN3O5S. The predicted molar refractivity (Wildman–Crippen MR) is 162 cm³/mol. The molecule has 1 aliphatic heterocycles. The molecule has 1 heterocycles. The first-order valence-electron chi connectivity index (χ1n) is 14.0. The van der Waals surface area contributed by atoms with Crippen molar-refractivity contribution >= 4 is 50.5 Å². The van der Waals surface area contributed by atoms with Crippen LogP contribution < -0.4 is 9.47 Å². The van der Waals surface area contributed by atoms with Crippen molar-refractivity contribution in [3.8, 4) is 11.5 Å². The number of non-ortho nitro benzene ring substituents is 1. The molecule has 3 aliphatic rings. The third-order valence-electron chi connectivity index (χ3n) is 7.70. The van der Waals surface area contributed by atoms with Gasteiger partial charge in [0, 0.05) is 18.2 Å². The van der Waals surface area contributed by atoms with Gasteiger partial charge in [0.15, 0.2) is 16.7 Å². The third kappa shape index (κ3) is 6.71. The number of benzene rings is 2. The quantitative estimate of drug-likeness (QED) is 0.168. The summed E-state index contributed by atoms with van der Waals surface area (Å²) >= 11 is 5.09. The number of amidine groups is 1.